The maximum absolute atomic E-state index is 12.3. The molecule has 0 aliphatic heterocycles. The minimum absolute atomic E-state index is 0.241. The third kappa shape index (κ3) is 3.59. The zero-order chi connectivity index (χ0) is 16.6. The lowest BCUT2D eigenvalue weighted by atomic mass is 10.2. The van der Waals surface area contributed by atoms with E-state index in [4.69, 9.17) is 11.6 Å². The van der Waals surface area contributed by atoms with E-state index in [9.17, 15) is 13.2 Å². The van der Waals surface area contributed by atoms with Crippen LogP contribution in [0.2, 0.25) is 5.02 Å². The lowest BCUT2D eigenvalue weighted by Crippen LogP contribution is -2.17. The minimum atomic E-state index is -4.70. The van der Waals surface area contributed by atoms with E-state index < -0.39 is 6.36 Å². The second-order valence-corrected chi connectivity index (χ2v) is 5.51. The first-order valence-electron chi connectivity index (χ1n) is 6.79. The smallest absolute Gasteiger partial charge is 0.406 e. The van der Waals surface area contributed by atoms with Crippen molar-refractivity contribution in [2.24, 2.45) is 0 Å². The number of alkyl halides is 3. The molecule has 0 aliphatic carbocycles. The Morgan fingerprint density at radius 1 is 1.17 bits per heavy atom. The summed E-state index contributed by atoms with van der Waals surface area (Å²) in [4.78, 5) is 4.43. The van der Waals surface area contributed by atoms with E-state index >= 15 is 0 Å². The first kappa shape index (κ1) is 15.7. The third-order valence-electron chi connectivity index (χ3n) is 3.37. The van der Waals surface area contributed by atoms with Crippen LogP contribution < -0.4 is 4.74 Å². The van der Waals surface area contributed by atoms with Gasteiger partial charge in [0.15, 0.2) is 0 Å². The number of fused-ring (bicyclic) bond motifs is 1. The second kappa shape index (κ2) is 5.77. The van der Waals surface area contributed by atoms with Gasteiger partial charge in [-0.15, -0.1) is 13.2 Å². The summed E-state index contributed by atoms with van der Waals surface area (Å²) >= 11 is 6.01. The Morgan fingerprint density at radius 2 is 1.96 bits per heavy atom. The summed E-state index contributed by atoms with van der Waals surface area (Å²) in [6, 6.07) is 11.2. The van der Waals surface area contributed by atoms with Gasteiger partial charge < -0.3 is 9.30 Å². The zero-order valence-electron chi connectivity index (χ0n) is 12.1. The highest BCUT2D eigenvalue weighted by molar-refractivity contribution is 6.31. The molecular formula is C16H12ClF3N2O. The molecule has 3 nitrogen and oxygen atoms in total. The molecule has 0 radical (unpaired) electrons. The Hall–Kier alpha value is -2.21. The maximum Gasteiger partial charge on any atom is 0.573 e. The Kier molecular flexibility index (Phi) is 3.93. The number of benzene rings is 2. The quantitative estimate of drug-likeness (QED) is 0.675. The fourth-order valence-corrected chi connectivity index (χ4v) is 2.61. The van der Waals surface area contributed by atoms with Crippen LogP contribution in [0.1, 0.15) is 11.4 Å². The van der Waals surface area contributed by atoms with E-state index in [1.165, 1.54) is 18.2 Å². The highest BCUT2D eigenvalue weighted by Crippen LogP contribution is 2.25. The molecule has 23 heavy (non-hydrogen) atoms. The fourth-order valence-electron chi connectivity index (χ4n) is 2.44. The van der Waals surface area contributed by atoms with Crippen LogP contribution >= 0.6 is 11.6 Å². The van der Waals surface area contributed by atoms with Gasteiger partial charge in [0.25, 0.3) is 0 Å². The number of ether oxygens (including phenoxy) is 1. The summed E-state index contributed by atoms with van der Waals surface area (Å²) in [6.07, 6.45) is -4.70. The number of nitrogens with zero attached hydrogens (tertiary/aromatic N) is 2. The molecule has 0 spiro atoms. The van der Waals surface area contributed by atoms with Crippen molar-refractivity contribution in [3.05, 3.63) is 58.9 Å². The Bertz CT molecular complexity index is 858. The highest BCUT2D eigenvalue weighted by Gasteiger charge is 2.31. The van der Waals surface area contributed by atoms with Crippen LogP contribution in [0.5, 0.6) is 5.75 Å². The van der Waals surface area contributed by atoms with Gasteiger partial charge in [0.1, 0.15) is 11.6 Å². The number of aryl methyl sites for hydroxylation is 1. The molecule has 3 aromatic rings. The van der Waals surface area contributed by atoms with Crippen molar-refractivity contribution in [1.29, 1.82) is 0 Å². The second-order valence-electron chi connectivity index (χ2n) is 5.07. The monoisotopic (exact) mass is 340 g/mol. The van der Waals surface area contributed by atoms with E-state index in [-0.39, 0.29) is 5.75 Å². The van der Waals surface area contributed by atoms with Crippen LogP contribution in [0.4, 0.5) is 13.2 Å². The van der Waals surface area contributed by atoms with Crippen LogP contribution in [0.3, 0.4) is 0 Å². The van der Waals surface area contributed by atoms with Gasteiger partial charge in [0.2, 0.25) is 0 Å². The van der Waals surface area contributed by atoms with E-state index in [0.29, 0.717) is 17.1 Å². The molecule has 0 amide bonds. The molecule has 0 bridgehead atoms. The summed E-state index contributed by atoms with van der Waals surface area (Å²) in [6.45, 7) is 2.21. The number of aromatic nitrogens is 2. The first-order chi connectivity index (χ1) is 10.8. The van der Waals surface area contributed by atoms with Gasteiger partial charge in [-0.25, -0.2) is 4.98 Å². The van der Waals surface area contributed by atoms with E-state index in [1.807, 2.05) is 17.6 Å². The molecule has 7 heteroatoms. The van der Waals surface area contributed by atoms with Gasteiger partial charge in [-0.2, -0.15) is 0 Å². The third-order valence-corrected chi connectivity index (χ3v) is 3.61. The molecule has 0 atom stereocenters. The summed E-state index contributed by atoms with van der Waals surface area (Å²) in [5.74, 6) is 0.513. The molecule has 0 saturated heterocycles. The van der Waals surface area contributed by atoms with Crippen molar-refractivity contribution < 1.29 is 17.9 Å². The van der Waals surface area contributed by atoms with Gasteiger partial charge in [-0.1, -0.05) is 23.7 Å². The topological polar surface area (TPSA) is 27.1 Å². The van der Waals surface area contributed by atoms with Crippen LogP contribution in [0, 0.1) is 6.92 Å². The van der Waals surface area contributed by atoms with Crippen LogP contribution in [0.25, 0.3) is 11.0 Å². The largest absolute Gasteiger partial charge is 0.573 e. The van der Waals surface area contributed by atoms with Crippen LogP contribution in [0.15, 0.2) is 42.5 Å². The maximum atomic E-state index is 12.3. The molecule has 0 unspecified atom stereocenters. The van der Waals surface area contributed by atoms with Crippen LogP contribution in [-0.2, 0) is 6.54 Å². The standard InChI is InChI=1S/C16H12ClF3N2O/c1-10-21-14-6-5-12(17)8-15(14)22(10)9-11-3-2-4-13(7-11)23-16(18,19)20/h2-8H,9H2,1H3. The van der Waals surface area contributed by atoms with E-state index in [1.54, 1.807) is 18.2 Å². The molecule has 0 fully saturated rings. The average molecular weight is 341 g/mol. The molecule has 3 rings (SSSR count). The van der Waals surface area contributed by atoms with Gasteiger partial charge in [-0.3, -0.25) is 0 Å². The van der Waals surface area contributed by atoms with E-state index in [2.05, 4.69) is 9.72 Å². The number of hydrogen-bond acceptors (Lipinski definition) is 2. The fraction of sp³-hybridized carbons (Fsp3) is 0.188. The lowest BCUT2D eigenvalue weighted by molar-refractivity contribution is -0.274. The van der Waals surface area contributed by atoms with Crippen molar-refractivity contribution in [3.63, 3.8) is 0 Å². The molecule has 0 saturated carbocycles. The Morgan fingerprint density at radius 3 is 2.70 bits per heavy atom. The molecule has 1 heterocycles. The Labute approximate surface area is 135 Å². The number of hydrogen-bond donors (Lipinski definition) is 0. The normalized spacial score (nSPS) is 11.9. The highest BCUT2D eigenvalue weighted by atomic mass is 35.5. The van der Waals surface area contributed by atoms with Gasteiger partial charge in [0, 0.05) is 11.6 Å². The van der Waals surface area contributed by atoms with Gasteiger partial charge in [-0.05, 0) is 42.8 Å². The number of halogens is 4. The SMILES string of the molecule is Cc1nc2ccc(Cl)cc2n1Cc1cccc(OC(F)(F)F)c1. The molecule has 0 N–H and O–H groups in total. The summed E-state index contributed by atoms with van der Waals surface area (Å²) in [5.41, 5.74) is 2.29. The van der Waals surface area contributed by atoms with E-state index in [0.717, 1.165) is 16.9 Å². The van der Waals surface area contributed by atoms with Crippen molar-refractivity contribution in [2.75, 3.05) is 0 Å². The molecule has 2 aromatic carbocycles. The van der Waals surface area contributed by atoms with Crippen molar-refractivity contribution in [2.45, 2.75) is 19.8 Å². The predicted molar refractivity (Wildman–Crippen MR) is 81.7 cm³/mol. The predicted octanol–water partition coefficient (Wildman–Crippen LogP) is 4.95. The average Bonchev–Trinajstić information content (AvgIpc) is 2.74. The lowest BCUT2D eigenvalue weighted by Gasteiger charge is -2.11. The van der Waals surface area contributed by atoms with Gasteiger partial charge in [0.05, 0.1) is 11.0 Å². The number of imidazole rings is 1. The molecule has 1 aromatic heterocycles. The summed E-state index contributed by atoms with van der Waals surface area (Å²) in [5, 5.41) is 0.577. The van der Waals surface area contributed by atoms with Crippen LogP contribution in [-0.4, -0.2) is 15.9 Å². The molecule has 0 aliphatic rings. The first-order valence-corrected chi connectivity index (χ1v) is 7.17. The van der Waals surface area contributed by atoms with Gasteiger partial charge >= 0.3 is 6.36 Å². The molecule has 120 valence electrons. The summed E-state index contributed by atoms with van der Waals surface area (Å²) in [7, 11) is 0. The zero-order valence-corrected chi connectivity index (χ0v) is 12.8. The minimum Gasteiger partial charge on any atom is -0.406 e. The van der Waals surface area contributed by atoms with Crippen molar-refractivity contribution in [3.8, 4) is 5.75 Å². The summed E-state index contributed by atoms with van der Waals surface area (Å²) < 4.78 is 42.8. The molecular weight excluding hydrogens is 329 g/mol. The van der Waals surface area contributed by atoms with Crippen molar-refractivity contribution >= 4 is 22.6 Å². The Balaban J connectivity index is 1.95. The number of rotatable bonds is 3. The van der Waals surface area contributed by atoms with Crippen molar-refractivity contribution in [1.82, 2.24) is 9.55 Å².